The van der Waals surface area contributed by atoms with Crippen LogP contribution in [0.1, 0.15) is 31.9 Å². The topological polar surface area (TPSA) is 49.4 Å². The zero-order valence-electron chi connectivity index (χ0n) is 10.7. The summed E-state index contributed by atoms with van der Waals surface area (Å²) < 4.78 is 0. The Morgan fingerprint density at radius 3 is 2.39 bits per heavy atom. The SMILES string of the molecule is CCC1C(=O)NC(c2ccccc2)C(=O)N1CC. The molecule has 1 aromatic carbocycles. The molecule has 0 spiro atoms. The van der Waals surface area contributed by atoms with Gasteiger partial charge in [0.15, 0.2) is 0 Å². The maximum atomic E-state index is 12.4. The van der Waals surface area contributed by atoms with Crippen molar-refractivity contribution in [3.63, 3.8) is 0 Å². The van der Waals surface area contributed by atoms with Crippen LogP contribution in [0.3, 0.4) is 0 Å². The molecule has 0 saturated carbocycles. The van der Waals surface area contributed by atoms with Crippen LogP contribution < -0.4 is 5.32 Å². The van der Waals surface area contributed by atoms with Crippen molar-refractivity contribution < 1.29 is 9.59 Å². The van der Waals surface area contributed by atoms with E-state index < -0.39 is 6.04 Å². The van der Waals surface area contributed by atoms with Crippen LogP contribution in [0.2, 0.25) is 0 Å². The van der Waals surface area contributed by atoms with Crippen LogP contribution >= 0.6 is 0 Å². The molecule has 1 fully saturated rings. The number of carbonyl (C=O) groups excluding carboxylic acids is 2. The predicted octanol–water partition coefficient (Wildman–Crippen LogP) is 1.48. The molecule has 2 rings (SSSR count). The summed E-state index contributed by atoms with van der Waals surface area (Å²) in [7, 11) is 0. The summed E-state index contributed by atoms with van der Waals surface area (Å²) in [5.41, 5.74) is 0.837. The smallest absolute Gasteiger partial charge is 0.250 e. The molecular formula is C14H18N2O2. The maximum absolute atomic E-state index is 12.4. The van der Waals surface area contributed by atoms with Gasteiger partial charge in [0.1, 0.15) is 12.1 Å². The monoisotopic (exact) mass is 246 g/mol. The van der Waals surface area contributed by atoms with Gasteiger partial charge in [-0.1, -0.05) is 37.3 Å². The van der Waals surface area contributed by atoms with Gasteiger partial charge in [-0.05, 0) is 18.9 Å². The Bertz CT molecular complexity index is 444. The summed E-state index contributed by atoms with van der Waals surface area (Å²) in [5.74, 6) is -0.0806. The fourth-order valence-electron chi connectivity index (χ4n) is 2.41. The number of likely N-dealkylation sites (N-methyl/N-ethyl adjacent to an activating group) is 1. The highest BCUT2D eigenvalue weighted by molar-refractivity contribution is 5.97. The molecule has 1 saturated heterocycles. The first-order chi connectivity index (χ1) is 8.69. The average molecular weight is 246 g/mol. The van der Waals surface area contributed by atoms with Crippen LogP contribution in [0.25, 0.3) is 0 Å². The Labute approximate surface area is 107 Å². The Balaban J connectivity index is 2.30. The van der Waals surface area contributed by atoms with Gasteiger partial charge in [-0.15, -0.1) is 0 Å². The first-order valence-corrected chi connectivity index (χ1v) is 6.34. The Kier molecular flexibility index (Phi) is 3.65. The van der Waals surface area contributed by atoms with Gasteiger partial charge in [0, 0.05) is 6.54 Å². The fraction of sp³-hybridized carbons (Fsp3) is 0.429. The van der Waals surface area contributed by atoms with Crippen molar-refractivity contribution in [1.82, 2.24) is 10.2 Å². The summed E-state index contributed by atoms with van der Waals surface area (Å²) >= 11 is 0. The van der Waals surface area contributed by atoms with Crippen LogP contribution in [0.15, 0.2) is 30.3 Å². The fourth-order valence-corrected chi connectivity index (χ4v) is 2.41. The van der Waals surface area contributed by atoms with E-state index in [1.165, 1.54) is 0 Å². The molecule has 0 radical (unpaired) electrons. The van der Waals surface area contributed by atoms with Crippen LogP contribution in [-0.4, -0.2) is 29.3 Å². The normalized spacial score (nSPS) is 24.0. The summed E-state index contributed by atoms with van der Waals surface area (Å²) in [6.07, 6.45) is 0.646. The molecule has 0 aromatic heterocycles. The van der Waals surface area contributed by atoms with Gasteiger partial charge in [0.25, 0.3) is 0 Å². The second kappa shape index (κ2) is 5.21. The van der Waals surface area contributed by atoms with Gasteiger partial charge < -0.3 is 10.2 Å². The van der Waals surface area contributed by atoms with Crippen LogP contribution in [0, 0.1) is 0 Å². The van der Waals surface area contributed by atoms with Crippen molar-refractivity contribution in [3.8, 4) is 0 Å². The molecule has 1 aromatic rings. The van der Waals surface area contributed by atoms with E-state index >= 15 is 0 Å². The van der Waals surface area contributed by atoms with E-state index in [1.54, 1.807) is 4.90 Å². The van der Waals surface area contributed by atoms with E-state index in [2.05, 4.69) is 5.32 Å². The first-order valence-electron chi connectivity index (χ1n) is 6.34. The molecule has 2 amide bonds. The highest BCUT2D eigenvalue weighted by Crippen LogP contribution is 2.22. The lowest BCUT2D eigenvalue weighted by molar-refractivity contribution is -0.149. The molecule has 2 atom stereocenters. The zero-order valence-corrected chi connectivity index (χ0v) is 10.7. The van der Waals surface area contributed by atoms with Gasteiger partial charge in [0.2, 0.25) is 11.8 Å². The van der Waals surface area contributed by atoms with Crippen molar-refractivity contribution in [2.45, 2.75) is 32.4 Å². The number of rotatable bonds is 3. The average Bonchev–Trinajstić information content (AvgIpc) is 2.41. The second-order valence-electron chi connectivity index (χ2n) is 4.40. The summed E-state index contributed by atoms with van der Waals surface area (Å²) in [6, 6.07) is 8.49. The standard InChI is InChI=1S/C14H18N2O2/c1-3-11-13(17)15-12(14(18)16(11)4-2)10-8-6-5-7-9-10/h5-9,11-12H,3-4H2,1-2H3,(H,15,17). The van der Waals surface area contributed by atoms with Crippen LogP contribution in [0.5, 0.6) is 0 Å². The summed E-state index contributed by atoms with van der Waals surface area (Å²) in [6.45, 7) is 4.39. The number of nitrogens with one attached hydrogen (secondary N) is 1. The minimum atomic E-state index is -0.540. The molecule has 1 aliphatic rings. The highest BCUT2D eigenvalue weighted by Gasteiger charge is 2.39. The molecule has 4 nitrogen and oxygen atoms in total. The van der Waals surface area contributed by atoms with Gasteiger partial charge >= 0.3 is 0 Å². The van der Waals surface area contributed by atoms with Crippen molar-refractivity contribution >= 4 is 11.8 Å². The molecule has 2 unspecified atom stereocenters. The van der Waals surface area contributed by atoms with E-state index in [-0.39, 0.29) is 17.9 Å². The first kappa shape index (κ1) is 12.6. The highest BCUT2D eigenvalue weighted by atomic mass is 16.2. The van der Waals surface area contributed by atoms with Crippen molar-refractivity contribution in [1.29, 1.82) is 0 Å². The predicted molar refractivity (Wildman–Crippen MR) is 68.8 cm³/mol. The Morgan fingerprint density at radius 2 is 1.83 bits per heavy atom. The molecule has 0 aliphatic carbocycles. The molecule has 0 bridgehead atoms. The van der Waals surface area contributed by atoms with Crippen molar-refractivity contribution in [2.24, 2.45) is 0 Å². The largest absolute Gasteiger partial charge is 0.339 e. The summed E-state index contributed by atoms with van der Waals surface area (Å²) in [5, 5.41) is 2.82. The van der Waals surface area contributed by atoms with Crippen molar-refractivity contribution in [3.05, 3.63) is 35.9 Å². The van der Waals surface area contributed by atoms with Gasteiger partial charge in [-0.25, -0.2) is 0 Å². The number of hydrogen-bond acceptors (Lipinski definition) is 2. The van der Waals surface area contributed by atoms with Gasteiger partial charge in [-0.3, -0.25) is 9.59 Å². The second-order valence-corrected chi connectivity index (χ2v) is 4.40. The van der Waals surface area contributed by atoms with Crippen molar-refractivity contribution in [2.75, 3.05) is 6.54 Å². The quantitative estimate of drug-likeness (QED) is 0.878. The summed E-state index contributed by atoms with van der Waals surface area (Å²) in [4.78, 5) is 26.1. The molecule has 96 valence electrons. The van der Waals surface area contributed by atoms with Gasteiger partial charge in [0.05, 0.1) is 0 Å². The molecule has 1 aliphatic heterocycles. The zero-order chi connectivity index (χ0) is 13.1. The third-order valence-corrected chi connectivity index (χ3v) is 3.36. The number of hydrogen-bond donors (Lipinski definition) is 1. The lowest BCUT2D eigenvalue weighted by Crippen LogP contribution is -2.59. The van der Waals surface area contributed by atoms with E-state index in [9.17, 15) is 9.59 Å². The maximum Gasteiger partial charge on any atom is 0.250 e. The molecular weight excluding hydrogens is 228 g/mol. The number of nitrogens with zero attached hydrogens (tertiary/aromatic N) is 1. The van der Waals surface area contributed by atoms with E-state index in [1.807, 2.05) is 44.2 Å². The van der Waals surface area contributed by atoms with Crippen LogP contribution in [-0.2, 0) is 9.59 Å². The third kappa shape index (κ3) is 2.10. The lowest BCUT2D eigenvalue weighted by Gasteiger charge is -2.38. The number of benzene rings is 1. The number of carbonyl (C=O) groups is 2. The lowest BCUT2D eigenvalue weighted by atomic mass is 9.99. The molecule has 1 heterocycles. The van der Waals surface area contributed by atoms with E-state index in [0.717, 1.165) is 5.56 Å². The minimum absolute atomic E-state index is 0.0184. The number of piperazine rings is 1. The van der Waals surface area contributed by atoms with E-state index in [0.29, 0.717) is 13.0 Å². The Hall–Kier alpha value is -1.84. The molecule has 18 heavy (non-hydrogen) atoms. The molecule has 4 heteroatoms. The Morgan fingerprint density at radius 1 is 1.17 bits per heavy atom. The number of amides is 2. The van der Waals surface area contributed by atoms with Gasteiger partial charge in [-0.2, -0.15) is 0 Å². The molecule has 1 N–H and O–H groups in total. The van der Waals surface area contributed by atoms with E-state index in [4.69, 9.17) is 0 Å². The minimum Gasteiger partial charge on any atom is -0.339 e. The van der Waals surface area contributed by atoms with Crippen LogP contribution in [0.4, 0.5) is 0 Å². The third-order valence-electron chi connectivity index (χ3n) is 3.36.